The smallest absolute Gasteiger partial charge is 0.408 e. The molecule has 61 heavy (non-hydrogen) atoms. The van der Waals surface area contributed by atoms with Gasteiger partial charge in [0.1, 0.15) is 35.6 Å². The summed E-state index contributed by atoms with van der Waals surface area (Å²) in [6.07, 6.45) is -9.86. The minimum Gasteiger partial charge on any atom is -0.456 e. The Bertz CT molecular complexity index is 2070. The fraction of sp³-hybridized carbons (Fsp3) is 0.565. The van der Waals surface area contributed by atoms with E-state index in [1.807, 2.05) is 0 Å². The highest BCUT2D eigenvalue weighted by Crippen LogP contribution is 2.66. The predicted octanol–water partition coefficient (Wildman–Crippen LogP) is 4.63. The van der Waals surface area contributed by atoms with Gasteiger partial charge in [0.05, 0.1) is 36.3 Å². The molecule has 0 spiro atoms. The van der Waals surface area contributed by atoms with Crippen LogP contribution >= 0.6 is 0 Å². The number of alkyl carbamates (subject to hydrolysis) is 1. The number of hydrogen-bond donors (Lipinski definition) is 4. The van der Waals surface area contributed by atoms with E-state index < -0.39 is 119 Å². The Kier molecular flexibility index (Phi) is 11.6. The summed E-state index contributed by atoms with van der Waals surface area (Å²) in [5.41, 5.74) is -6.03. The van der Waals surface area contributed by atoms with Gasteiger partial charge in [-0.15, -0.1) is 0 Å². The Balaban J connectivity index is 1.39. The Morgan fingerprint density at radius 2 is 1.62 bits per heavy atom. The first-order chi connectivity index (χ1) is 28.6. The van der Waals surface area contributed by atoms with Gasteiger partial charge >= 0.3 is 24.0 Å². The number of hydrogen-bond acceptors (Lipinski definition) is 14. The fourth-order valence-electron chi connectivity index (χ4n) is 10.5. The topological polar surface area (TPSA) is 206 Å². The van der Waals surface area contributed by atoms with E-state index in [9.17, 15) is 34.5 Å². The molecule has 1 amide bonds. The molecule has 0 radical (unpaired) electrons. The molecule has 2 aliphatic heterocycles. The largest absolute Gasteiger partial charge is 0.456 e. The number of fused-ring (bicyclic) bond motifs is 8. The highest BCUT2D eigenvalue weighted by Gasteiger charge is 2.79. The van der Waals surface area contributed by atoms with E-state index in [1.165, 1.54) is 13.0 Å². The van der Waals surface area contributed by atoms with Crippen LogP contribution in [0, 0.1) is 16.7 Å². The lowest BCUT2D eigenvalue weighted by molar-refractivity contribution is -0.361. The molecule has 2 aromatic rings. The number of benzene rings is 2. The van der Waals surface area contributed by atoms with Crippen LogP contribution in [0.15, 0.2) is 84.5 Å². The minimum absolute atomic E-state index is 0.0167. The van der Waals surface area contributed by atoms with Crippen molar-refractivity contribution in [1.29, 1.82) is 0 Å². The van der Waals surface area contributed by atoms with Crippen LogP contribution in [0.2, 0.25) is 0 Å². The molecule has 330 valence electrons. The molecule has 2 heterocycles. The SMILES string of the molecule is C=CC1O[C@@H]2C3=C(C)[C@@H](OC(=O)[C@H](O)[C@@H](NC(=O)OC(C)(C)C)c4ccccc4)C[C@@](O)([C@@H](OC(=O)c4ccccc4)[C@@H]4[C@]5(OC(C)=O)CO[C@@H]5C[C@H](O)[C@@]4(C)[C@@H]2O1)C3(C)C. The van der Waals surface area contributed by atoms with Crippen molar-refractivity contribution in [2.75, 3.05) is 6.61 Å². The Labute approximate surface area is 355 Å². The minimum atomic E-state index is -2.19. The van der Waals surface area contributed by atoms with Gasteiger partial charge in [-0.25, -0.2) is 14.4 Å². The van der Waals surface area contributed by atoms with Gasteiger partial charge in [-0.2, -0.15) is 0 Å². The van der Waals surface area contributed by atoms with E-state index in [4.69, 9.17) is 33.2 Å². The Morgan fingerprint density at radius 1 is 0.984 bits per heavy atom. The van der Waals surface area contributed by atoms with E-state index >= 15 is 0 Å². The number of nitrogens with one attached hydrogen (secondary N) is 1. The second-order valence-electron chi connectivity index (χ2n) is 18.6. The van der Waals surface area contributed by atoms with Gasteiger partial charge in [-0.1, -0.05) is 75.9 Å². The highest BCUT2D eigenvalue weighted by molar-refractivity contribution is 5.89. The number of aliphatic hydroxyl groups excluding tert-OH is 2. The number of esters is 3. The van der Waals surface area contributed by atoms with Crippen molar-refractivity contribution in [2.45, 2.75) is 140 Å². The molecular weight excluding hydrogens is 790 g/mol. The quantitative estimate of drug-likeness (QED) is 0.154. The lowest BCUT2D eigenvalue weighted by Crippen LogP contribution is -2.82. The third-order valence-electron chi connectivity index (χ3n) is 13.5. The second-order valence-corrected chi connectivity index (χ2v) is 18.6. The lowest BCUT2D eigenvalue weighted by Gasteiger charge is -2.68. The first-order valence-electron chi connectivity index (χ1n) is 20.6. The number of aliphatic hydroxyl groups is 3. The van der Waals surface area contributed by atoms with Crippen LogP contribution < -0.4 is 5.32 Å². The molecule has 3 aliphatic carbocycles. The number of carbonyl (C=O) groups excluding carboxylic acids is 4. The molecule has 15 nitrogen and oxygen atoms in total. The second kappa shape index (κ2) is 15.9. The van der Waals surface area contributed by atoms with E-state index in [-0.39, 0.29) is 18.6 Å². The van der Waals surface area contributed by atoms with Crippen LogP contribution in [0.25, 0.3) is 0 Å². The van der Waals surface area contributed by atoms with Crippen molar-refractivity contribution in [2.24, 2.45) is 16.7 Å². The number of carbonyl (C=O) groups is 4. The first kappa shape index (κ1) is 44.4. The zero-order valence-corrected chi connectivity index (χ0v) is 35.8. The van der Waals surface area contributed by atoms with Crippen molar-refractivity contribution in [3.8, 4) is 0 Å². The van der Waals surface area contributed by atoms with Gasteiger partial charge in [0, 0.05) is 30.6 Å². The first-order valence-corrected chi connectivity index (χ1v) is 20.6. The van der Waals surface area contributed by atoms with Crippen LogP contribution in [0.3, 0.4) is 0 Å². The van der Waals surface area contributed by atoms with Gasteiger partial charge in [-0.05, 0) is 62.6 Å². The maximum Gasteiger partial charge on any atom is 0.408 e. The van der Waals surface area contributed by atoms with Crippen molar-refractivity contribution in [3.63, 3.8) is 0 Å². The third kappa shape index (κ3) is 7.46. The average Bonchev–Trinajstić information content (AvgIpc) is 3.62. The van der Waals surface area contributed by atoms with Crippen molar-refractivity contribution in [3.05, 3.63) is 95.6 Å². The molecule has 13 atom stereocenters. The molecule has 2 aromatic carbocycles. The van der Waals surface area contributed by atoms with E-state index in [1.54, 1.807) is 109 Å². The van der Waals surface area contributed by atoms with E-state index in [0.717, 1.165) is 0 Å². The monoisotopic (exact) mass is 847 g/mol. The number of rotatable bonds is 9. The molecule has 1 unspecified atom stereocenters. The van der Waals surface area contributed by atoms with Gasteiger partial charge in [0.2, 0.25) is 0 Å². The summed E-state index contributed by atoms with van der Waals surface area (Å²) in [6, 6.07) is 15.2. The van der Waals surface area contributed by atoms with Crippen molar-refractivity contribution >= 4 is 24.0 Å². The Hall–Kier alpha value is -4.64. The summed E-state index contributed by atoms with van der Waals surface area (Å²) in [4.78, 5) is 54.8. The van der Waals surface area contributed by atoms with Crippen molar-refractivity contribution < 1.29 is 67.7 Å². The van der Waals surface area contributed by atoms with E-state index in [2.05, 4.69) is 11.9 Å². The van der Waals surface area contributed by atoms with Crippen LogP contribution in [0.5, 0.6) is 0 Å². The molecule has 7 rings (SSSR count). The van der Waals surface area contributed by atoms with Crippen LogP contribution in [0.1, 0.15) is 90.2 Å². The fourth-order valence-corrected chi connectivity index (χ4v) is 10.5. The zero-order valence-electron chi connectivity index (χ0n) is 35.8. The van der Waals surface area contributed by atoms with Gasteiger partial charge < -0.3 is 53.8 Å². The van der Waals surface area contributed by atoms with Gasteiger partial charge in [-0.3, -0.25) is 4.79 Å². The Morgan fingerprint density at radius 3 is 2.20 bits per heavy atom. The summed E-state index contributed by atoms with van der Waals surface area (Å²) in [5.74, 6) is -3.83. The lowest BCUT2D eigenvalue weighted by atomic mass is 9.44. The van der Waals surface area contributed by atoms with Crippen molar-refractivity contribution in [1.82, 2.24) is 5.32 Å². The maximum absolute atomic E-state index is 14.4. The molecule has 2 saturated carbocycles. The van der Waals surface area contributed by atoms with Crippen LogP contribution in [-0.2, 0) is 42.7 Å². The highest BCUT2D eigenvalue weighted by atomic mass is 16.7. The molecule has 4 N–H and O–H groups in total. The molecule has 2 bridgehead atoms. The summed E-state index contributed by atoms with van der Waals surface area (Å²) in [7, 11) is 0. The summed E-state index contributed by atoms with van der Waals surface area (Å²) in [5, 5.41) is 40.5. The maximum atomic E-state index is 14.4. The van der Waals surface area contributed by atoms with Crippen LogP contribution in [-0.4, -0.2) is 112 Å². The molecule has 15 heteroatoms. The van der Waals surface area contributed by atoms with Gasteiger partial charge in [0.15, 0.2) is 18.0 Å². The summed E-state index contributed by atoms with van der Waals surface area (Å²) in [6.45, 7) is 17.0. The normalized spacial score (nSPS) is 35.9. The number of ether oxygens (including phenoxy) is 7. The molecule has 0 aromatic heterocycles. The number of amides is 1. The van der Waals surface area contributed by atoms with Crippen LogP contribution in [0.4, 0.5) is 4.79 Å². The third-order valence-corrected chi connectivity index (χ3v) is 13.5. The standard InChI is InChI=1S/C46H57NO14/c1-10-31-57-35-32-24(2)28(56-40(52)34(50)33(26-17-13-11-14-18-26)47-41(53)61-42(4,5)6)22-46(54,43(32,7)8)38(59-39(51)27-19-15-12-16-20-27)36-44(9,37(35)58-31)29(49)21-30-45(36,23-55-30)60-25(3)48/h10-20,28-31,33-38,49-50,54H,1,21-23H2,2-9H3,(H,47,53)/t28-,29-,30+,31?,33-,34+,35+,36-,37+,38-,44+,45-,46+/m0/s1. The molecule has 4 fully saturated rings. The van der Waals surface area contributed by atoms with Gasteiger partial charge in [0.25, 0.3) is 0 Å². The summed E-state index contributed by atoms with van der Waals surface area (Å²) < 4.78 is 43.7. The predicted molar refractivity (Wildman–Crippen MR) is 216 cm³/mol. The summed E-state index contributed by atoms with van der Waals surface area (Å²) >= 11 is 0. The average molecular weight is 848 g/mol. The van der Waals surface area contributed by atoms with E-state index in [0.29, 0.717) is 16.7 Å². The molecule has 5 aliphatic rings. The molecule has 2 saturated heterocycles. The molecular formula is C46H57NO14. The zero-order chi connectivity index (χ0) is 44.4.